The highest BCUT2D eigenvalue weighted by Gasteiger charge is 2.30. The van der Waals surface area contributed by atoms with E-state index in [9.17, 15) is 19.2 Å². The molecule has 3 aromatic carbocycles. The molecule has 0 saturated heterocycles. The number of nitrogens with zero attached hydrogens (tertiary/aromatic N) is 2. The van der Waals surface area contributed by atoms with Crippen molar-refractivity contribution in [3.8, 4) is 11.8 Å². The van der Waals surface area contributed by atoms with Crippen LogP contribution in [0.3, 0.4) is 0 Å². The van der Waals surface area contributed by atoms with E-state index < -0.39 is 29.6 Å². The van der Waals surface area contributed by atoms with Crippen LogP contribution in [-0.4, -0.2) is 52.0 Å². The highest BCUT2D eigenvalue weighted by Crippen LogP contribution is 2.29. The molecule has 1 aliphatic carbocycles. The van der Waals surface area contributed by atoms with Crippen molar-refractivity contribution in [2.75, 3.05) is 11.9 Å². The predicted octanol–water partition coefficient (Wildman–Crippen LogP) is 6.62. The van der Waals surface area contributed by atoms with Crippen LogP contribution in [0.25, 0.3) is 0 Å². The Morgan fingerprint density at radius 1 is 0.827 bits per heavy atom. The molecule has 4 aromatic rings. The van der Waals surface area contributed by atoms with E-state index in [0.717, 1.165) is 24.0 Å². The fourth-order valence-electron chi connectivity index (χ4n) is 5.80. The highest BCUT2D eigenvalue weighted by molar-refractivity contribution is 5.99. The Bertz CT molecular complexity index is 1790. The average Bonchev–Trinajstić information content (AvgIpc) is 3.14. The van der Waals surface area contributed by atoms with Crippen LogP contribution in [0.1, 0.15) is 67.9 Å². The minimum absolute atomic E-state index is 0.120. The summed E-state index contributed by atoms with van der Waals surface area (Å²) in [6, 6.07) is 24.0. The van der Waals surface area contributed by atoms with Gasteiger partial charge in [0.25, 0.3) is 0 Å². The van der Waals surface area contributed by atoms with E-state index in [4.69, 9.17) is 14.2 Å². The van der Waals surface area contributed by atoms with Crippen LogP contribution in [0, 0.1) is 11.8 Å². The molecule has 52 heavy (non-hydrogen) atoms. The summed E-state index contributed by atoms with van der Waals surface area (Å²) < 4.78 is 16.5. The summed E-state index contributed by atoms with van der Waals surface area (Å²) in [5, 5.41) is 8.71. The number of nitrogens with one attached hydrogen (secondary N) is 3. The number of carbonyl (C=O) groups is 4. The minimum atomic E-state index is -0.919. The number of anilines is 1. The van der Waals surface area contributed by atoms with Crippen molar-refractivity contribution in [2.45, 2.75) is 71.1 Å². The molecule has 1 atom stereocenters. The fourth-order valence-corrected chi connectivity index (χ4v) is 5.80. The number of ether oxygens (including phenoxy) is 3. The third-order valence-corrected chi connectivity index (χ3v) is 8.48. The summed E-state index contributed by atoms with van der Waals surface area (Å²) in [4.78, 5) is 60.5. The lowest BCUT2D eigenvalue weighted by Gasteiger charge is -2.29. The molecule has 12 nitrogen and oxygen atoms in total. The molecule has 3 amide bonds. The molecule has 12 heteroatoms. The number of benzene rings is 3. The van der Waals surface area contributed by atoms with Gasteiger partial charge in [-0.2, -0.15) is 0 Å². The van der Waals surface area contributed by atoms with Crippen LogP contribution in [0.15, 0.2) is 97.3 Å². The van der Waals surface area contributed by atoms with Gasteiger partial charge in [0.15, 0.2) is 0 Å². The minimum Gasteiger partial charge on any atom is -0.457 e. The first-order valence-electron chi connectivity index (χ1n) is 17.4. The Morgan fingerprint density at radius 2 is 1.54 bits per heavy atom. The van der Waals surface area contributed by atoms with Gasteiger partial charge in [-0.3, -0.25) is 9.59 Å². The van der Waals surface area contributed by atoms with E-state index in [1.54, 1.807) is 54.9 Å². The standard InChI is InChI=1S/C40H45N5O7/c1-40(2,3)52-39(49)43-25-28-13-17-30(18-14-28)35(46)45-34(23-27-15-19-33(20-16-27)51-38-41-21-8-22-42-38)36(47)44-32-12-7-11-31(24-32)37(48)50-26-29-9-5-4-6-10-29/h4-12,15-16,19-22,24,28,30,34H,13-14,17-18,23,25-26H2,1-3H3,(H,43,49)(H,44,47)(H,45,46)/t28?,30?,34-/m0/s1. The van der Waals surface area contributed by atoms with E-state index in [1.807, 2.05) is 63.2 Å². The Hall–Kier alpha value is -5.78. The van der Waals surface area contributed by atoms with Crippen LogP contribution < -0.4 is 20.7 Å². The van der Waals surface area contributed by atoms with Crippen molar-refractivity contribution in [2.24, 2.45) is 11.8 Å². The smallest absolute Gasteiger partial charge is 0.407 e. The van der Waals surface area contributed by atoms with E-state index in [-0.39, 0.29) is 42.3 Å². The van der Waals surface area contributed by atoms with Gasteiger partial charge in [0, 0.05) is 37.0 Å². The van der Waals surface area contributed by atoms with Crippen LogP contribution >= 0.6 is 0 Å². The summed E-state index contributed by atoms with van der Waals surface area (Å²) in [6.07, 6.45) is 5.67. The van der Waals surface area contributed by atoms with Gasteiger partial charge in [-0.05, 0) is 99.9 Å². The first kappa shape index (κ1) is 37.5. The second kappa shape index (κ2) is 17.9. The van der Waals surface area contributed by atoms with Crippen molar-refractivity contribution < 1.29 is 33.4 Å². The Morgan fingerprint density at radius 3 is 2.23 bits per heavy atom. The molecule has 0 bridgehead atoms. The van der Waals surface area contributed by atoms with Crippen molar-refractivity contribution >= 4 is 29.6 Å². The lowest BCUT2D eigenvalue weighted by molar-refractivity contribution is -0.130. The maximum absolute atomic E-state index is 13.8. The van der Waals surface area contributed by atoms with Crippen LogP contribution in [0.4, 0.5) is 10.5 Å². The maximum Gasteiger partial charge on any atom is 0.407 e. The topological polar surface area (TPSA) is 158 Å². The van der Waals surface area contributed by atoms with E-state index in [0.29, 0.717) is 30.8 Å². The zero-order valence-electron chi connectivity index (χ0n) is 29.7. The molecule has 0 aliphatic heterocycles. The second-order valence-electron chi connectivity index (χ2n) is 13.8. The summed E-state index contributed by atoms with van der Waals surface area (Å²) in [7, 11) is 0. The number of hydrogen-bond donors (Lipinski definition) is 3. The summed E-state index contributed by atoms with van der Waals surface area (Å²) in [5.41, 5.74) is 1.75. The third kappa shape index (κ3) is 11.9. The van der Waals surface area contributed by atoms with E-state index >= 15 is 0 Å². The molecule has 1 heterocycles. The number of alkyl carbamates (subject to hydrolysis) is 1. The van der Waals surface area contributed by atoms with Gasteiger partial charge in [0.2, 0.25) is 11.8 Å². The average molecular weight is 708 g/mol. The van der Waals surface area contributed by atoms with Gasteiger partial charge in [0.1, 0.15) is 24.0 Å². The number of amides is 3. The molecule has 1 fully saturated rings. The highest BCUT2D eigenvalue weighted by atomic mass is 16.6. The van der Waals surface area contributed by atoms with E-state index in [2.05, 4.69) is 25.9 Å². The van der Waals surface area contributed by atoms with Crippen LogP contribution in [0.5, 0.6) is 11.8 Å². The maximum atomic E-state index is 13.8. The lowest BCUT2D eigenvalue weighted by atomic mass is 9.81. The van der Waals surface area contributed by atoms with Crippen molar-refractivity contribution in [1.82, 2.24) is 20.6 Å². The van der Waals surface area contributed by atoms with E-state index in [1.165, 1.54) is 0 Å². The number of carbonyl (C=O) groups excluding carboxylic acids is 4. The molecule has 0 spiro atoms. The normalized spacial score (nSPS) is 16.1. The Balaban J connectivity index is 1.22. The predicted molar refractivity (Wildman–Crippen MR) is 195 cm³/mol. The number of rotatable bonds is 13. The molecule has 3 N–H and O–H groups in total. The molecule has 1 saturated carbocycles. The molecule has 1 aromatic heterocycles. The summed E-state index contributed by atoms with van der Waals surface area (Å²) in [5.74, 6) is -0.699. The number of aromatic nitrogens is 2. The summed E-state index contributed by atoms with van der Waals surface area (Å²) in [6.45, 7) is 6.04. The molecule has 1 aliphatic rings. The zero-order valence-corrected chi connectivity index (χ0v) is 29.7. The monoisotopic (exact) mass is 707 g/mol. The summed E-state index contributed by atoms with van der Waals surface area (Å²) >= 11 is 0. The van der Waals surface area contributed by atoms with Crippen molar-refractivity contribution in [1.29, 1.82) is 0 Å². The molecular formula is C40H45N5O7. The molecule has 0 radical (unpaired) electrons. The molecule has 5 rings (SSSR count). The Labute approximate surface area is 303 Å². The van der Waals surface area contributed by atoms with Crippen LogP contribution in [0.2, 0.25) is 0 Å². The van der Waals surface area contributed by atoms with Crippen molar-refractivity contribution in [3.05, 3.63) is 114 Å². The van der Waals surface area contributed by atoms with Gasteiger partial charge in [-0.15, -0.1) is 0 Å². The van der Waals surface area contributed by atoms with Gasteiger partial charge < -0.3 is 30.2 Å². The van der Waals surface area contributed by atoms with Crippen molar-refractivity contribution in [3.63, 3.8) is 0 Å². The molecule has 272 valence electrons. The van der Waals surface area contributed by atoms with Gasteiger partial charge in [-0.25, -0.2) is 19.6 Å². The van der Waals surface area contributed by atoms with Crippen LogP contribution in [-0.2, 0) is 32.1 Å². The first-order chi connectivity index (χ1) is 25.0. The molecule has 0 unspecified atom stereocenters. The SMILES string of the molecule is CC(C)(C)OC(=O)NCC1CCC(C(=O)N[C@@H](Cc2ccc(Oc3ncccn3)cc2)C(=O)Nc2cccc(C(=O)OCc3ccccc3)c2)CC1. The molecular weight excluding hydrogens is 662 g/mol. The quantitative estimate of drug-likeness (QED) is 0.130. The largest absolute Gasteiger partial charge is 0.457 e. The number of esters is 1. The third-order valence-electron chi connectivity index (χ3n) is 8.48. The zero-order chi connectivity index (χ0) is 36.9. The first-order valence-corrected chi connectivity index (χ1v) is 17.4. The van der Waals surface area contributed by atoms with Gasteiger partial charge >= 0.3 is 18.1 Å². The Kier molecular flexibility index (Phi) is 12.9. The second-order valence-corrected chi connectivity index (χ2v) is 13.8. The van der Waals surface area contributed by atoms with Gasteiger partial charge in [-0.1, -0.05) is 48.5 Å². The number of hydrogen-bond acceptors (Lipinski definition) is 9. The lowest BCUT2D eigenvalue weighted by Crippen LogP contribution is -2.48. The van der Waals surface area contributed by atoms with Gasteiger partial charge in [0.05, 0.1) is 5.56 Å². The fraction of sp³-hybridized carbons (Fsp3) is 0.350.